The maximum absolute atomic E-state index is 13.7. The van der Waals surface area contributed by atoms with Crippen molar-refractivity contribution in [1.82, 2.24) is 4.72 Å². The number of halogens is 1. The lowest BCUT2D eigenvalue weighted by atomic mass is 10.1. The standard InChI is InChI=1S/C15H24FNO4S/c1-11(2)10-21-15-9-13(5-6-14(15)16)12(3)17-22(19,20)8-4-7-18/h5-6,9,11-12,17-18H,4,7-8,10H2,1-3H3. The van der Waals surface area contributed by atoms with Crippen LogP contribution in [0.3, 0.4) is 0 Å². The molecule has 0 aromatic heterocycles. The molecule has 0 aliphatic rings. The number of hydrogen-bond acceptors (Lipinski definition) is 4. The third-order valence-electron chi connectivity index (χ3n) is 2.95. The number of benzene rings is 1. The van der Waals surface area contributed by atoms with Gasteiger partial charge in [0, 0.05) is 12.6 Å². The van der Waals surface area contributed by atoms with E-state index in [-0.39, 0.29) is 30.4 Å². The van der Waals surface area contributed by atoms with Gasteiger partial charge in [-0.05, 0) is 37.0 Å². The fraction of sp³-hybridized carbons (Fsp3) is 0.600. The number of rotatable bonds is 9. The highest BCUT2D eigenvalue weighted by atomic mass is 32.2. The maximum atomic E-state index is 13.7. The van der Waals surface area contributed by atoms with Crippen LogP contribution >= 0.6 is 0 Å². The molecule has 0 heterocycles. The second kappa shape index (κ2) is 8.45. The molecule has 0 radical (unpaired) electrons. The van der Waals surface area contributed by atoms with Crippen LogP contribution in [-0.4, -0.2) is 32.5 Å². The minimum Gasteiger partial charge on any atom is -0.490 e. The summed E-state index contributed by atoms with van der Waals surface area (Å²) in [6.45, 7) is 5.80. The molecule has 0 fully saturated rings. The highest BCUT2D eigenvalue weighted by molar-refractivity contribution is 7.89. The van der Waals surface area contributed by atoms with E-state index in [0.717, 1.165) is 0 Å². The summed E-state index contributed by atoms with van der Waals surface area (Å²) in [4.78, 5) is 0. The van der Waals surface area contributed by atoms with Gasteiger partial charge < -0.3 is 9.84 Å². The van der Waals surface area contributed by atoms with Gasteiger partial charge in [-0.25, -0.2) is 17.5 Å². The second-order valence-corrected chi connectivity index (χ2v) is 7.50. The van der Waals surface area contributed by atoms with Crippen LogP contribution in [-0.2, 0) is 10.0 Å². The smallest absolute Gasteiger partial charge is 0.212 e. The molecule has 1 rings (SSSR count). The normalized spacial score (nSPS) is 13.4. The van der Waals surface area contributed by atoms with Crippen molar-refractivity contribution >= 4 is 10.0 Å². The van der Waals surface area contributed by atoms with Gasteiger partial charge in [0.2, 0.25) is 10.0 Å². The molecule has 5 nitrogen and oxygen atoms in total. The molecule has 0 amide bonds. The Labute approximate surface area is 131 Å². The van der Waals surface area contributed by atoms with Gasteiger partial charge >= 0.3 is 0 Å². The predicted molar refractivity (Wildman–Crippen MR) is 83.8 cm³/mol. The summed E-state index contributed by atoms with van der Waals surface area (Å²) < 4.78 is 45.2. The first kappa shape index (κ1) is 18.9. The molecule has 7 heteroatoms. The van der Waals surface area contributed by atoms with Crippen molar-refractivity contribution < 1.29 is 22.7 Å². The molecule has 1 aromatic rings. The van der Waals surface area contributed by atoms with Crippen molar-refractivity contribution in [2.75, 3.05) is 19.0 Å². The highest BCUT2D eigenvalue weighted by Gasteiger charge is 2.17. The number of sulfonamides is 1. The molecule has 0 aliphatic heterocycles. The Morgan fingerprint density at radius 1 is 1.32 bits per heavy atom. The monoisotopic (exact) mass is 333 g/mol. The second-order valence-electron chi connectivity index (χ2n) is 5.63. The zero-order valence-electron chi connectivity index (χ0n) is 13.2. The molecule has 0 aliphatic carbocycles. The number of aliphatic hydroxyl groups excluding tert-OH is 1. The van der Waals surface area contributed by atoms with E-state index in [4.69, 9.17) is 9.84 Å². The highest BCUT2D eigenvalue weighted by Crippen LogP contribution is 2.23. The zero-order chi connectivity index (χ0) is 16.8. The molecule has 0 spiro atoms. The zero-order valence-corrected chi connectivity index (χ0v) is 14.0. The van der Waals surface area contributed by atoms with Crippen LogP contribution in [0.15, 0.2) is 18.2 Å². The lowest BCUT2D eigenvalue weighted by Crippen LogP contribution is -2.29. The first-order chi connectivity index (χ1) is 10.2. The summed E-state index contributed by atoms with van der Waals surface area (Å²) in [5, 5.41) is 8.70. The molecular weight excluding hydrogens is 309 g/mol. The lowest BCUT2D eigenvalue weighted by Gasteiger charge is -2.16. The summed E-state index contributed by atoms with van der Waals surface area (Å²) in [5.74, 6) is -0.240. The topological polar surface area (TPSA) is 75.6 Å². The molecule has 126 valence electrons. The van der Waals surface area contributed by atoms with Crippen molar-refractivity contribution in [2.24, 2.45) is 5.92 Å². The third kappa shape index (κ3) is 6.29. The molecule has 0 saturated carbocycles. The largest absolute Gasteiger partial charge is 0.490 e. The molecule has 2 N–H and O–H groups in total. The fourth-order valence-electron chi connectivity index (χ4n) is 1.81. The van der Waals surface area contributed by atoms with Gasteiger partial charge in [0.25, 0.3) is 0 Å². The minimum atomic E-state index is -3.48. The van der Waals surface area contributed by atoms with Crippen molar-refractivity contribution in [2.45, 2.75) is 33.2 Å². The Bertz CT molecular complexity index is 575. The summed E-state index contributed by atoms with van der Waals surface area (Å²) >= 11 is 0. The molecule has 1 unspecified atom stereocenters. The quantitative estimate of drug-likeness (QED) is 0.726. The predicted octanol–water partition coefficient (Wildman–Crippen LogP) is 2.22. The summed E-state index contributed by atoms with van der Waals surface area (Å²) in [7, 11) is -3.48. The van der Waals surface area contributed by atoms with E-state index >= 15 is 0 Å². The Kier molecular flexibility index (Phi) is 7.25. The van der Waals surface area contributed by atoms with Crippen LogP contribution in [0.1, 0.15) is 38.8 Å². The van der Waals surface area contributed by atoms with Gasteiger partial charge in [0.15, 0.2) is 11.6 Å². The third-order valence-corrected chi connectivity index (χ3v) is 4.49. The van der Waals surface area contributed by atoms with E-state index in [1.165, 1.54) is 18.2 Å². The summed E-state index contributed by atoms with van der Waals surface area (Å²) in [5.41, 5.74) is 0.618. The Morgan fingerprint density at radius 3 is 2.59 bits per heavy atom. The molecule has 0 bridgehead atoms. The van der Waals surface area contributed by atoms with Gasteiger partial charge in [-0.1, -0.05) is 19.9 Å². The molecule has 1 aromatic carbocycles. The Hall–Kier alpha value is -1.18. The van der Waals surface area contributed by atoms with Crippen molar-refractivity contribution in [3.8, 4) is 5.75 Å². The van der Waals surface area contributed by atoms with E-state index in [2.05, 4.69) is 4.72 Å². The molecule has 0 saturated heterocycles. The first-order valence-electron chi connectivity index (χ1n) is 7.28. The fourth-order valence-corrected chi connectivity index (χ4v) is 3.11. The SMILES string of the molecule is CC(C)COc1cc(C(C)NS(=O)(=O)CCCO)ccc1F. The van der Waals surface area contributed by atoms with E-state index in [1.54, 1.807) is 6.92 Å². The van der Waals surface area contributed by atoms with Crippen molar-refractivity contribution in [1.29, 1.82) is 0 Å². The minimum absolute atomic E-state index is 0.118. The van der Waals surface area contributed by atoms with Gasteiger partial charge in [0.05, 0.1) is 12.4 Å². The molecule has 1 atom stereocenters. The molecular formula is C15H24FNO4S. The van der Waals surface area contributed by atoms with Crippen LogP contribution < -0.4 is 9.46 Å². The maximum Gasteiger partial charge on any atom is 0.212 e. The van der Waals surface area contributed by atoms with Crippen LogP contribution in [0, 0.1) is 11.7 Å². The van der Waals surface area contributed by atoms with E-state index < -0.39 is 21.9 Å². The van der Waals surface area contributed by atoms with Gasteiger partial charge in [-0.3, -0.25) is 0 Å². The van der Waals surface area contributed by atoms with E-state index in [0.29, 0.717) is 12.2 Å². The lowest BCUT2D eigenvalue weighted by molar-refractivity contribution is 0.259. The number of nitrogens with one attached hydrogen (secondary N) is 1. The van der Waals surface area contributed by atoms with Crippen LogP contribution in [0.2, 0.25) is 0 Å². The van der Waals surface area contributed by atoms with E-state index in [1.807, 2.05) is 13.8 Å². The number of ether oxygens (including phenoxy) is 1. The van der Waals surface area contributed by atoms with Crippen LogP contribution in [0.4, 0.5) is 4.39 Å². The number of aliphatic hydroxyl groups is 1. The van der Waals surface area contributed by atoms with E-state index in [9.17, 15) is 12.8 Å². The van der Waals surface area contributed by atoms with Gasteiger partial charge in [0.1, 0.15) is 0 Å². The Balaban J connectivity index is 2.81. The Morgan fingerprint density at radius 2 is 2.00 bits per heavy atom. The van der Waals surface area contributed by atoms with Crippen LogP contribution in [0.5, 0.6) is 5.75 Å². The average molecular weight is 333 g/mol. The van der Waals surface area contributed by atoms with Gasteiger partial charge in [-0.2, -0.15) is 0 Å². The first-order valence-corrected chi connectivity index (χ1v) is 8.93. The number of hydrogen-bond donors (Lipinski definition) is 2. The van der Waals surface area contributed by atoms with Crippen molar-refractivity contribution in [3.63, 3.8) is 0 Å². The van der Waals surface area contributed by atoms with Crippen LogP contribution in [0.25, 0.3) is 0 Å². The van der Waals surface area contributed by atoms with Crippen molar-refractivity contribution in [3.05, 3.63) is 29.6 Å². The summed E-state index contributed by atoms with van der Waals surface area (Å²) in [6.07, 6.45) is 0.175. The van der Waals surface area contributed by atoms with Gasteiger partial charge in [-0.15, -0.1) is 0 Å². The summed E-state index contributed by atoms with van der Waals surface area (Å²) in [6, 6.07) is 3.79. The average Bonchev–Trinajstić information content (AvgIpc) is 2.43. The molecule has 22 heavy (non-hydrogen) atoms.